The number of hydrogen-bond donors (Lipinski definition) is 3. The van der Waals surface area contributed by atoms with Crippen LogP contribution in [0, 0.1) is 11.3 Å². The van der Waals surface area contributed by atoms with Gasteiger partial charge in [0.25, 0.3) is 0 Å². The Kier molecular flexibility index (Phi) is 8.52. The summed E-state index contributed by atoms with van der Waals surface area (Å²) in [6.07, 6.45) is 5.19. The van der Waals surface area contributed by atoms with Crippen LogP contribution < -0.4 is 20.9 Å². The Bertz CT molecular complexity index is 1030. The van der Waals surface area contributed by atoms with Crippen molar-refractivity contribution in [2.75, 3.05) is 49.5 Å². The van der Waals surface area contributed by atoms with E-state index in [0.29, 0.717) is 12.5 Å². The van der Waals surface area contributed by atoms with Gasteiger partial charge in [0, 0.05) is 50.1 Å². The van der Waals surface area contributed by atoms with E-state index in [1.54, 1.807) is 0 Å². The number of carbonyl (C=O) groups is 1. The van der Waals surface area contributed by atoms with E-state index < -0.39 is 5.60 Å². The fourth-order valence-corrected chi connectivity index (χ4v) is 5.25. The number of rotatable bonds is 8. The Hall–Kier alpha value is -2.23. The molecule has 0 unspecified atom stereocenters. The SMILES string of the molecule is CC1(CNC(=O)OC(C)(C)C)CCN(c2cnc(Sc3cccc(NCC4CNC4)c3Cl)cn2)CC1. The second kappa shape index (κ2) is 11.4. The van der Waals surface area contributed by atoms with Gasteiger partial charge in [0.15, 0.2) is 0 Å². The summed E-state index contributed by atoms with van der Waals surface area (Å²) in [6, 6.07) is 6.04. The maximum absolute atomic E-state index is 12.0. The molecule has 0 spiro atoms. The van der Waals surface area contributed by atoms with Gasteiger partial charge in [-0.05, 0) is 51.2 Å². The van der Waals surface area contributed by atoms with Gasteiger partial charge in [0.05, 0.1) is 23.1 Å². The van der Waals surface area contributed by atoms with Crippen LogP contribution in [0.25, 0.3) is 0 Å². The molecule has 0 saturated carbocycles. The van der Waals surface area contributed by atoms with Crippen molar-refractivity contribution in [2.45, 2.75) is 56.1 Å². The number of nitrogens with zero attached hydrogens (tertiary/aromatic N) is 3. The zero-order valence-corrected chi connectivity index (χ0v) is 23.1. The van der Waals surface area contributed by atoms with Gasteiger partial charge in [0.2, 0.25) is 0 Å². The van der Waals surface area contributed by atoms with Crippen LogP contribution in [0.15, 0.2) is 40.5 Å². The second-order valence-corrected chi connectivity index (χ2v) is 12.4. The summed E-state index contributed by atoms with van der Waals surface area (Å²) in [7, 11) is 0. The molecule has 1 aromatic heterocycles. The molecule has 0 atom stereocenters. The minimum absolute atomic E-state index is 0.0293. The Balaban J connectivity index is 1.28. The van der Waals surface area contributed by atoms with E-state index >= 15 is 0 Å². The topological polar surface area (TPSA) is 91.4 Å². The summed E-state index contributed by atoms with van der Waals surface area (Å²) in [4.78, 5) is 24.6. The monoisotopic (exact) mass is 532 g/mol. The zero-order valence-electron chi connectivity index (χ0n) is 21.6. The Labute approximate surface area is 223 Å². The Morgan fingerprint density at radius 3 is 2.61 bits per heavy atom. The molecule has 10 heteroatoms. The molecule has 1 amide bonds. The molecule has 1 aromatic carbocycles. The first-order chi connectivity index (χ1) is 17.1. The summed E-state index contributed by atoms with van der Waals surface area (Å²) in [5, 5.41) is 11.2. The van der Waals surface area contributed by atoms with E-state index in [9.17, 15) is 4.79 Å². The van der Waals surface area contributed by atoms with Crippen molar-refractivity contribution >= 4 is 41.0 Å². The average Bonchev–Trinajstić information content (AvgIpc) is 2.79. The highest BCUT2D eigenvalue weighted by molar-refractivity contribution is 7.99. The van der Waals surface area contributed by atoms with Crippen molar-refractivity contribution in [3.63, 3.8) is 0 Å². The third-order valence-electron chi connectivity index (χ3n) is 6.59. The minimum atomic E-state index is -0.490. The number of amides is 1. The summed E-state index contributed by atoms with van der Waals surface area (Å²) in [5.74, 6) is 1.53. The van der Waals surface area contributed by atoms with Gasteiger partial charge in [0.1, 0.15) is 16.4 Å². The lowest BCUT2D eigenvalue weighted by Crippen LogP contribution is -2.45. The molecule has 2 aromatic rings. The number of nitrogens with one attached hydrogen (secondary N) is 3. The summed E-state index contributed by atoms with van der Waals surface area (Å²) < 4.78 is 5.37. The number of halogens is 1. The van der Waals surface area contributed by atoms with Gasteiger partial charge in [-0.1, -0.05) is 36.4 Å². The van der Waals surface area contributed by atoms with E-state index in [4.69, 9.17) is 16.3 Å². The van der Waals surface area contributed by atoms with Crippen LogP contribution in [0.1, 0.15) is 40.5 Å². The van der Waals surface area contributed by atoms with Gasteiger partial charge >= 0.3 is 6.09 Å². The smallest absolute Gasteiger partial charge is 0.407 e. The number of piperidine rings is 1. The number of aromatic nitrogens is 2. The highest BCUT2D eigenvalue weighted by Crippen LogP contribution is 2.37. The van der Waals surface area contributed by atoms with E-state index in [1.165, 1.54) is 11.8 Å². The van der Waals surface area contributed by atoms with E-state index in [2.05, 4.69) is 37.7 Å². The normalized spacial score (nSPS) is 17.9. The summed E-state index contributed by atoms with van der Waals surface area (Å²) in [5.41, 5.74) is 0.494. The third kappa shape index (κ3) is 7.40. The van der Waals surface area contributed by atoms with Crippen LogP contribution in [0.3, 0.4) is 0 Å². The molecule has 8 nitrogen and oxygen atoms in total. The molecule has 0 bridgehead atoms. The molecule has 2 saturated heterocycles. The van der Waals surface area contributed by atoms with E-state index in [-0.39, 0.29) is 11.5 Å². The van der Waals surface area contributed by atoms with Gasteiger partial charge in [-0.3, -0.25) is 0 Å². The Morgan fingerprint density at radius 2 is 2.00 bits per heavy atom. The number of hydrogen-bond acceptors (Lipinski definition) is 8. The summed E-state index contributed by atoms with van der Waals surface area (Å²) in [6.45, 7) is 13.2. The van der Waals surface area contributed by atoms with Crippen molar-refractivity contribution in [2.24, 2.45) is 11.3 Å². The molecule has 2 aliphatic heterocycles. The van der Waals surface area contributed by atoms with Crippen molar-refractivity contribution in [3.05, 3.63) is 35.6 Å². The molecular formula is C26H37ClN6O2S. The van der Waals surface area contributed by atoms with Crippen LogP contribution >= 0.6 is 23.4 Å². The molecule has 196 valence electrons. The van der Waals surface area contributed by atoms with Gasteiger partial charge in [-0.2, -0.15) is 0 Å². The molecule has 2 aliphatic rings. The quantitative estimate of drug-likeness (QED) is 0.435. The van der Waals surface area contributed by atoms with Crippen LogP contribution in [-0.2, 0) is 4.74 Å². The summed E-state index contributed by atoms with van der Waals surface area (Å²) >= 11 is 8.19. The standard InChI is InChI=1S/C26H37ClN6O2S/c1-25(2,3)35-24(34)32-17-26(4)8-10-33(11-9-26)21-15-31-22(16-30-21)36-20-7-5-6-19(23(20)27)29-14-18-12-28-13-18/h5-7,15-16,18,28-29H,8-14,17H2,1-4H3,(H,32,34). The van der Waals surface area contributed by atoms with Gasteiger partial charge < -0.3 is 25.6 Å². The lowest BCUT2D eigenvalue weighted by molar-refractivity contribution is 0.0495. The first-order valence-electron chi connectivity index (χ1n) is 12.6. The highest BCUT2D eigenvalue weighted by atomic mass is 35.5. The van der Waals surface area contributed by atoms with Gasteiger partial charge in [-0.25, -0.2) is 14.8 Å². The van der Waals surface area contributed by atoms with Crippen LogP contribution in [0.4, 0.5) is 16.3 Å². The molecule has 3 heterocycles. The maximum Gasteiger partial charge on any atom is 0.407 e. The zero-order chi connectivity index (χ0) is 25.8. The van der Waals surface area contributed by atoms with Gasteiger partial charge in [-0.15, -0.1) is 0 Å². The van der Waals surface area contributed by atoms with Crippen molar-refractivity contribution in [1.82, 2.24) is 20.6 Å². The first-order valence-corrected chi connectivity index (χ1v) is 13.7. The number of anilines is 2. The lowest BCUT2D eigenvalue weighted by Gasteiger charge is -2.40. The molecular weight excluding hydrogens is 496 g/mol. The number of ether oxygens (including phenoxy) is 1. The predicted octanol–water partition coefficient (Wildman–Crippen LogP) is 5.04. The van der Waals surface area contributed by atoms with E-state index in [1.807, 2.05) is 51.4 Å². The maximum atomic E-state index is 12.0. The molecule has 4 rings (SSSR count). The molecule has 0 radical (unpaired) electrons. The van der Waals surface area contributed by atoms with Crippen LogP contribution in [-0.4, -0.2) is 60.9 Å². The second-order valence-electron chi connectivity index (χ2n) is 11.0. The third-order valence-corrected chi connectivity index (χ3v) is 8.09. The fourth-order valence-electron chi connectivity index (χ4n) is 4.16. The molecule has 0 aliphatic carbocycles. The largest absolute Gasteiger partial charge is 0.444 e. The Morgan fingerprint density at radius 1 is 1.25 bits per heavy atom. The fraction of sp³-hybridized carbons (Fsp3) is 0.577. The lowest BCUT2D eigenvalue weighted by atomic mass is 9.80. The van der Waals surface area contributed by atoms with Crippen LogP contribution in [0.2, 0.25) is 5.02 Å². The average molecular weight is 533 g/mol. The molecule has 2 fully saturated rings. The van der Waals surface area contributed by atoms with Crippen molar-refractivity contribution in [3.8, 4) is 0 Å². The van der Waals surface area contributed by atoms with Crippen molar-refractivity contribution in [1.29, 1.82) is 0 Å². The van der Waals surface area contributed by atoms with Crippen LogP contribution in [0.5, 0.6) is 0 Å². The first kappa shape index (κ1) is 26.8. The van der Waals surface area contributed by atoms with Crippen molar-refractivity contribution < 1.29 is 9.53 Å². The highest BCUT2D eigenvalue weighted by Gasteiger charge is 2.31. The van der Waals surface area contributed by atoms with E-state index in [0.717, 1.165) is 72.0 Å². The number of carbonyl (C=O) groups excluding carboxylic acids is 1. The predicted molar refractivity (Wildman–Crippen MR) is 146 cm³/mol. The number of alkyl carbamates (subject to hydrolysis) is 1. The number of benzene rings is 1. The minimum Gasteiger partial charge on any atom is -0.444 e. The molecule has 3 N–H and O–H groups in total. The molecule has 36 heavy (non-hydrogen) atoms.